The Morgan fingerprint density at radius 1 is 0.320 bits per heavy atom. The molecule has 4 aromatic carbocycles. The summed E-state index contributed by atoms with van der Waals surface area (Å²) in [6.07, 6.45) is 6.12. The first-order valence-corrected chi connectivity index (χ1v) is 18.2. The lowest BCUT2D eigenvalue weighted by Gasteiger charge is -2.07. The number of benzene rings is 4. The van der Waals surface area contributed by atoms with Crippen molar-refractivity contribution in [3.05, 3.63) is 156 Å². The van der Waals surface area contributed by atoms with Crippen LogP contribution in [0, 0.1) is 0 Å². The Labute approximate surface area is 288 Å². The SMILES string of the molecule is O=S1(=O)c2cccc(c2)N=Cc2cccc(n2)C=Nc2cccc(c2)S(=O)(=O)c2cccc(c2)N=Cc2cccc(n2)C=Nc2cccc1c2. The molecule has 0 aliphatic carbocycles. The van der Waals surface area contributed by atoms with Gasteiger partial charge in [0.15, 0.2) is 0 Å². The van der Waals surface area contributed by atoms with E-state index in [1.54, 1.807) is 84.9 Å². The van der Waals surface area contributed by atoms with E-state index in [9.17, 15) is 16.8 Å². The predicted octanol–water partition coefficient (Wildman–Crippen LogP) is 7.46. The summed E-state index contributed by atoms with van der Waals surface area (Å²) in [5, 5.41) is 0. The highest BCUT2D eigenvalue weighted by Gasteiger charge is 2.19. The summed E-state index contributed by atoms with van der Waals surface area (Å²) in [4.78, 5) is 27.3. The van der Waals surface area contributed by atoms with Crippen molar-refractivity contribution in [2.24, 2.45) is 20.0 Å². The van der Waals surface area contributed by atoms with Gasteiger partial charge < -0.3 is 0 Å². The molecule has 0 fully saturated rings. The second kappa shape index (κ2) is 13.7. The van der Waals surface area contributed by atoms with Crippen LogP contribution in [-0.2, 0) is 19.7 Å². The van der Waals surface area contributed by atoms with Crippen molar-refractivity contribution in [2.75, 3.05) is 0 Å². The molecule has 0 saturated heterocycles. The Bertz CT molecular complexity index is 2260. The highest BCUT2D eigenvalue weighted by Crippen LogP contribution is 2.29. The molecule has 3 heterocycles. The van der Waals surface area contributed by atoms with E-state index in [0.717, 1.165) is 0 Å². The van der Waals surface area contributed by atoms with Gasteiger partial charge in [-0.25, -0.2) is 26.8 Å². The van der Waals surface area contributed by atoms with E-state index in [1.807, 2.05) is 0 Å². The minimum absolute atomic E-state index is 0.0821. The Kier molecular flexibility index (Phi) is 8.86. The lowest BCUT2D eigenvalue weighted by molar-refractivity contribution is 0.594. The van der Waals surface area contributed by atoms with E-state index in [-0.39, 0.29) is 19.6 Å². The van der Waals surface area contributed by atoms with Crippen LogP contribution in [0.2, 0.25) is 0 Å². The standard InChI is InChI=1S/C38H26N6O4S2/c45-49(46)35-15-3-7-27(19-35)39-23-31-11-1-12-32(43-31)24-40-28-8-4-16-36(20-28)50(47,48)38-18-6-10-30(22-38)42-26-34-14-2-13-33(44-34)25-41-29-9-5-17-37(49)21-29/h1-26H. The minimum Gasteiger partial charge on any atom is -0.255 e. The van der Waals surface area contributed by atoms with Crippen LogP contribution < -0.4 is 0 Å². The largest absolute Gasteiger partial charge is 0.255 e. The highest BCUT2D eigenvalue weighted by atomic mass is 32.2. The second-order valence-corrected chi connectivity index (χ2v) is 14.9. The van der Waals surface area contributed by atoms with Gasteiger partial charge in [0.05, 0.1) is 90.0 Å². The first-order chi connectivity index (χ1) is 24.2. The zero-order valence-electron chi connectivity index (χ0n) is 26.1. The number of sulfone groups is 2. The third-order valence-electron chi connectivity index (χ3n) is 7.48. The minimum atomic E-state index is -3.89. The van der Waals surface area contributed by atoms with Crippen LogP contribution >= 0.6 is 0 Å². The zero-order valence-corrected chi connectivity index (χ0v) is 27.8. The number of hydrogen-bond acceptors (Lipinski definition) is 10. The quantitative estimate of drug-likeness (QED) is 0.161. The molecule has 1 aliphatic heterocycles. The maximum atomic E-state index is 13.6. The molecule has 50 heavy (non-hydrogen) atoms. The van der Waals surface area contributed by atoms with Crippen molar-refractivity contribution in [1.82, 2.24) is 9.97 Å². The highest BCUT2D eigenvalue weighted by molar-refractivity contribution is 7.91. The average Bonchev–Trinajstić information content (AvgIpc) is 3.15. The Morgan fingerprint density at radius 2 is 0.560 bits per heavy atom. The van der Waals surface area contributed by atoms with Gasteiger partial charge in [-0.3, -0.25) is 20.0 Å². The molecule has 244 valence electrons. The third-order valence-corrected chi connectivity index (χ3v) is 11.0. The van der Waals surface area contributed by atoms with Gasteiger partial charge in [-0.1, -0.05) is 36.4 Å². The second-order valence-electron chi connectivity index (χ2n) is 11.0. The van der Waals surface area contributed by atoms with Crippen LogP contribution in [0.3, 0.4) is 0 Å². The lowest BCUT2D eigenvalue weighted by atomic mass is 10.3. The fourth-order valence-electron chi connectivity index (χ4n) is 4.98. The van der Waals surface area contributed by atoms with Crippen LogP contribution in [0.25, 0.3) is 0 Å². The number of rotatable bonds is 0. The molecule has 7 rings (SSSR count). The number of aliphatic imine (C=N–C) groups is 4. The number of pyridine rings is 2. The molecule has 0 amide bonds. The fraction of sp³-hybridized carbons (Fsp3) is 0. The first kappa shape index (κ1) is 32.3. The van der Waals surface area contributed by atoms with Gasteiger partial charge in [0.1, 0.15) is 0 Å². The van der Waals surface area contributed by atoms with E-state index in [2.05, 4.69) is 29.9 Å². The summed E-state index contributed by atoms with van der Waals surface area (Å²) in [6, 6.07) is 36.0. The van der Waals surface area contributed by atoms with Gasteiger partial charge in [0.2, 0.25) is 19.7 Å². The molecular weight excluding hydrogens is 669 g/mol. The van der Waals surface area contributed by atoms with Gasteiger partial charge in [-0.2, -0.15) is 0 Å². The van der Waals surface area contributed by atoms with Gasteiger partial charge >= 0.3 is 0 Å². The van der Waals surface area contributed by atoms with Crippen LogP contribution in [0.5, 0.6) is 0 Å². The van der Waals surface area contributed by atoms with Crippen molar-refractivity contribution in [3.63, 3.8) is 0 Å². The summed E-state index contributed by atoms with van der Waals surface area (Å²) >= 11 is 0. The molecule has 0 atom stereocenters. The van der Waals surface area contributed by atoms with E-state index in [0.29, 0.717) is 45.5 Å². The molecule has 0 N–H and O–H groups in total. The summed E-state index contributed by atoms with van der Waals surface area (Å²) in [5.74, 6) is 0. The van der Waals surface area contributed by atoms with Crippen molar-refractivity contribution in [2.45, 2.75) is 19.6 Å². The van der Waals surface area contributed by atoms with Gasteiger partial charge in [-0.05, 0) is 97.1 Å². The van der Waals surface area contributed by atoms with E-state index < -0.39 is 19.7 Å². The van der Waals surface area contributed by atoms with E-state index in [4.69, 9.17) is 0 Å². The van der Waals surface area contributed by atoms with Crippen LogP contribution in [0.4, 0.5) is 22.7 Å². The summed E-state index contributed by atoms with van der Waals surface area (Å²) < 4.78 is 54.5. The molecule has 2 aromatic heterocycles. The van der Waals surface area contributed by atoms with Crippen molar-refractivity contribution in [3.8, 4) is 0 Å². The molecule has 10 nitrogen and oxygen atoms in total. The van der Waals surface area contributed by atoms with E-state index in [1.165, 1.54) is 73.4 Å². The number of fused-ring (bicyclic) bond motifs is 12. The Hall–Kier alpha value is -6.24. The maximum absolute atomic E-state index is 13.6. The molecule has 0 unspecified atom stereocenters. The average molecular weight is 695 g/mol. The topological polar surface area (TPSA) is 144 Å². The molecule has 0 radical (unpaired) electrons. The monoisotopic (exact) mass is 694 g/mol. The summed E-state index contributed by atoms with van der Waals surface area (Å²) in [6.45, 7) is 0. The molecule has 0 spiro atoms. The smallest absolute Gasteiger partial charge is 0.206 e. The van der Waals surface area contributed by atoms with Crippen molar-refractivity contribution >= 4 is 67.3 Å². The predicted molar refractivity (Wildman–Crippen MR) is 194 cm³/mol. The van der Waals surface area contributed by atoms with Crippen molar-refractivity contribution in [1.29, 1.82) is 0 Å². The normalized spacial score (nSPS) is 14.7. The van der Waals surface area contributed by atoms with E-state index >= 15 is 0 Å². The molecule has 12 bridgehead atoms. The van der Waals surface area contributed by atoms with Gasteiger partial charge in [-0.15, -0.1) is 0 Å². The molecular formula is C38H26N6O4S2. The van der Waals surface area contributed by atoms with Gasteiger partial charge in [0.25, 0.3) is 0 Å². The van der Waals surface area contributed by atoms with Crippen LogP contribution in [-0.4, -0.2) is 51.7 Å². The molecule has 12 heteroatoms. The van der Waals surface area contributed by atoms with Crippen LogP contribution in [0.1, 0.15) is 22.8 Å². The molecule has 6 aromatic rings. The zero-order chi connectivity index (χ0) is 34.6. The number of hydrogen-bond donors (Lipinski definition) is 0. The first-order valence-electron chi connectivity index (χ1n) is 15.2. The number of aromatic nitrogens is 2. The lowest BCUT2D eigenvalue weighted by Crippen LogP contribution is -2.01. The maximum Gasteiger partial charge on any atom is 0.206 e. The van der Waals surface area contributed by atoms with Crippen LogP contribution in [0.15, 0.2) is 173 Å². The summed E-state index contributed by atoms with van der Waals surface area (Å²) in [7, 11) is -7.78. The number of nitrogens with zero attached hydrogens (tertiary/aromatic N) is 6. The molecule has 0 saturated carbocycles. The van der Waals surface area contributed by atoms with Crippen molar-refractivity contribution < 1.29 is 16.8 Å². The third kappa shape index (κ3) is 7.26. The Morgan fingerprint density at radius 3 is 0.820 bits per heavy atom. The Balaban J connectivity index is 1.31. The molecule has 1 aliphatic rings. The summed E-state index contributed by atoms with van der Waals surface area (Å²) in [5.41, 5.74) is 3.75. The fourth-order valence-corrected chi connectivity index (χ4v) is 7.66. The van der Waals surface area contributed by atoms with Gasteiger partial charge in [0, 0.05) is 0 Å².